The van der Waals surface area contributed by atoms with Gasteiger partial charge in [0.15, 0.2) is 4.32 Å². The normalized spacial score (nSPS) is 15.4. The van der Waals surface area contributed by atoms with E-state index in [0.29, 0.717) is 4.91 Å². The lowest BCUT2D eigenvalue weighted by Crippen LogP contribution is -2.44. The molecule has 0 spiro atoms. The summed E-state index contributed by atoms with van der Waals surface area (Å²) < 4.78 is 0.201. The van der Waals surface area contributed by atoms with E-state index in [1.54, 1.807) is 6.08 Å². The quantitative estimate of drug-likeness (QED) is 0.376. The number of nitrogens with zero attached hydrogens (tertiary/aromatic N) is 2. The van der Waals surface area contributed by atoms with Crippen LogP contribution in [-0.4, -0.2) is 26.1 Å². The number of rotatable bonds is 4. The first-order valence-corrected chi connectivity index (χ1v) is 8.56. The summed E-state index contributed by atoms with van der Waals surface area (Å²) in [5.74, 6) is -1.02. The molecule has 130 valence electrons. The Bertz CT molecular complexity index is 927. The Morgan fingerprint density at radius 3 is 2.42 bits per heavy atom. The Labute approximate surface area is 157 Å². The minimum atomic E-state index is -0.586. The van der Waals surface area contributed by atoms with Crippen LogP contribution in [0.3, 0.4) is 0 Å². The van der Waals surface area contributed by atoms with Crippen LogP contribution in [0.5, 0.6) is 0 Å². The maximum Gasteiger partial charge on any atom is 0.285 e. The fourth-order valence-electron chi connectivity index (χ4n) is 2.17. The van der Waals surface area contributed by atoms with Crippen molar-refractivity contribution in [2.75, 3.05) is 0 Å². The molecule has 26 heavy (non-hydrogen) atoms. The minimum absolute atomic E-state index is 0.127. The van der Waals surface area contributed by atoms with Crippen molar-refractivity contribution in [1.82, 2.24) is 10.4 Å². The molecule has 3 rings (SSSR count). The van der Waals surface area contributed by atoms with Crippen molar-refractivity contribution >= 4 is 51.9 Å². The van der Waals surface area contributed by atoms with Gasteiger partial charge in [-0.25, -0.2) is 0 Å². The number of non-ortho nitro benzene ring substituents is 1. The van der Waals surface area contributed by atoms with Gasteiger partial charge >= 0.3 is 0 Å². The van der Waals surface area contributed by atoms with Crippen molar-refractivity contribution < 1.29 is 14.5 Å². The molecule has 1 aliphatic heterocycles. The number of thioether (sulfide) groups is 1. The third kappa shape index (κ3) is 3.79. The number of nitro benzene ring substituents is 1. The van der Waals surface area contributed by atoms with Gasteiger partial charge in [0, 0.05) is 17.7 Å². The molecular weight excluding hydrogens is 374 g/mol. The van der Waals surface area contributed by atoms with Crippen molar-refractivity contribution in [3.8, 4) is 0 Å². The molecule has 0 bridgehead atoms. The molecule has 0 aromatic heterocycles. The molecule has 1 heterocycles. The zero-order valence-electron chi connectivity index (χ0n) is 13.1. The molecule has 0 radical (unpaired) electrons. The molecule has 1 fully saturated rings. The number of carbonyl (C=O) groups is 2. The Hall–Kier alpha value is -3.04. The fourth-order valence-corrected chi connectivity index (χ4v) is 3.34. The number of hydrazine groups is 1. The lowest BCUT2D eigenvalue weighted by atomic mass is 10.2. The molecule has 1 N–H and O–H groups in total. The van der Waals surface area contributed by atoms with Gasteiger partial charge in [-0.05, 0) is 36.0 Å². The standard InChI is InChI=1S/C17H11N3O4S2/c21-15(12-6-8-13(9-7-12)20(23)24)18-19-16(22)14(26-17(19)25)10-11-4-2-1-3-5-11/h1-10H,(H,18,21)/b14-10+. The van der Waals surface area contributed by atoms with Gasteiger partial charge in [0.25, 0.3) is 17.5 Å². The van der Waals surface area contributed by atoms with Crippen molar-refractivity contribution in [3.63, 3.8) is 0 Å². The molecular formula is C17H11N3O4S2. The smallest absolute Gasteiger partial charge is 0.267 e. The van der Waals surface area contributed by atoms with Gasteiger partial charge < -0.3 is 0 Å². The first kappa shape index (κ1) is 17.8. The van der Waals surface area contributed by atoms with Crippen LogP contribution in [0.1, 0.15) is 15.9 Å². The summed E-state index contributed by atoms with van der Waals surface area (Å²) in [6.07, 6.45) is 1.69. The van der Waals surface area contributed by atoms with Crippen molar-refractivity contribution in [2.24, 2.45) is 0 Å². The summed E-state index contributed by atoms with van der Waals surface area (Å²) in [6, 6.07) is 14.3. The lowest BCUT2D eigenvalue weighted by molar-refractivity contribution is -0.384. The van der Waals surface area contributed by atoms with Gasteiger partial charge in [-0.15, -0.1) is 0 Å². The molecule has 2 amide bonds. The summed E-state index contributed by atoms with van der Waals surface area (Å²) in [7, 11) is 0. The average molecular weight is 385 g/mol. The summed E-state index contributed by atoms with van der Waals surface area (Å²) in [6.45, 7) is 0. The average Bonchev–Trinajstić information content (AvgIpc) is 2.90. The van der Waals surface area contributed by atoms with Crippen LogP contribution < -0.4 is 5.43 Å². The SMILES string of the molecule is O=C(NN1C(=O)/C(=C\c2ccccc2)SC1=S)c1ccc([N+](=O)[O-])cc1. The highest BCUT2D eigenvalue weighted by Crippen LogP contribution is 2.31. The summed E-state index contributed by atoms with van der Waals surface area (Å²) in [5.41, 5.74) is 3.32. The second-order valence-corrected chi connectivity index (χ2v) is 6.85. The monoisotopic (exact) mass is 385 g/mol. The Morgan fingerprint density at radius 2 is 1.81 bits per heavy atom. The zero-order chi connectivity index (χ0) is 18.7. The molecule has 0 unspecified atom stereocenters. The number of hydrogen-bond donors (Lipinski definition) is 1. The van der Waals surface area contributed by atoms with Gasteiger partial charge in [0.05, 0.1) is 9.83 Å². The number of hydrogen-bond acceptors (Lipinski definition) is 6. The molecule has 9 heteroatoms. The highest BCUT2D eigenvalue weighted by Gasteiger charge is 2.33. The number of amides is 2. The van der Waals surface area contributed by atoms with Gasteiger partial charge in [-0.2, -0.15) is 5.01 Å². The maximum absolute atomic E-state index is 12.5. The topological polar surface area (TPSA) is 92.6 Å². The van der Waals surface area contributed by atoms with E-state index in [4.69, 9.17) is 12.2 Å². The predicted molar refractivity (Wildman–Crippen MR) is 102 cm³/mol. The third-order valence-electron chi connectivity index (χ3n) is 3.44. The molecule has 2 aromatic rings. The first-order chi connectivity index (χ1) is 12.5. The fraction of sp³-hybridized carbons (Fsp3) is 0. The Balaban J connectivity index is 1.74. The third-order valence-corrected chi connectivity index (χ3v) is 4.75. The van der Waals surface area contributed by atoms with Crippen LogP contribution in [-0.2, 0) is 4.79 Å². The molecule has 1 aliphatic rings. The van der Waals surface area contributed by atoms with Crippen LogP contribution in [0.25, 0.3) is 6.08 Å². The molecule has 2 aromatic carbocycles. The second-order valence-electron chi connectivity index (χ2n) is 5.17. The Kier molecular flexibility index (Phi) is 5.10. The highest BCUT2D eigenvalue weighted by molar-refractivity contribution is 8.26. The van der Waals surface area contributed by atoms with E-state index in [9.17, 15) is 19.7 Å². The largest absolute Gasteiger partial charge is 0.285 e. The summed E-state index contributed by atoms with van der Waals surface area (Å²) in [5, 5.41) is 11.7. The van der Waals surface area contributed by atoms with Crippen LogP contribution in [0, 0.1) is 10.1 Å². The first-order valence-electron chi connectivity index (χ1n) is 7.34. The van der Waals surface area contributed by atoms with E-state index < -0.39 is 16.7 Å². The van der Waals surface area contributed by atoms with Gasteiger partial charge in [-0.1, -0.05) is 42.1 Å². The summed E-state index contributed by atoms with van der Waals surface area (Å²) in [4.78, 5) is 35.2. The molecule has 0 saturated carbocycles. The minimum Gasteiger partial charge on any atom is -0.267 e. The molecule has 1 saturated heterocycles. The van der Waals surface area contributed by atoms with E-state index in [1.165, 1.54) is 24.3 Å². The second kappa shape index (κ2) is 7.46. The van der Waals surface area contributed by atoms with Crippen molar-refractivity contribution in [2.45, 2.75) is 0 Å². The van der Waals surface area contributed by atoms with Crippen molar-refractivity contribution in [3.05, 3.63) is 80.7 Å². The number of carbonyl (C=O) groups excluding carboxylic acids is 2. The van der Waals surface area contributed by atoms with E-state index in [-0.39, 0.29) is 15.6 Å². The zero-order valence-corrected chi connectivity index (χ0v) is 14.8. The number of benzene rings is 2. The van der Waals surface area contributed by atoms with Gasteiger partial charge in [-0.3, -0.25) is 25.1 Å². The van der Waals surface area contributed by atoms with Crippen molar-refractivity contribution in [1.29, 1.82) is 0 Å². The van der Waals surface area contributed by atoms with Gasteiger partial charge in [0.2, 0.25) is 0 Å². The van der Waals surface area contributed by atoms with Crippen LogP contribution in [0.15, 0.2) is 59.5 Å². The van der Waals surface area contributed by atoms with E-state index >= 15 is 0 Å². The van der Waals surface area contributed by atoms with E-state index in [2.05, 4.69) is 5.43 Å². The molecule has 0 aliphatic carbocycles. The predicted octanol–water partition coefficient (Wildman–Crippen LogP) is 3.14. The number of nitrogens with one attached hydrogen (secondary N) is 1. The number of thiocarbonyl (C=S) groups is 1. The lowest BCUT2D eigenvalue weighted by Gasteiger charge is -2.15. The molecule has 0 atom stereocenters. The van der Waals surface area contributed by atoms with Crippen LogP contribution in [0.2, 0.25) is 0 Å². The number of nitro groups is 1. The molecule has 7 nitrogen and oxygen atoms in total. The maximum atomic E-state index is 12.5. The van der Waals surface area contributed by atoms with Gasteiger partial charge in [0.1, 0.15) is 0 Å². The Morgan fingerprint density at radius 1 is 1.15 bits per heavy atom. The van der Waals surface area contributed by atoms with Crippen LogP contribution >= 0.6 is 24.0 Å². The van der Waals surface area contributed by atoms with E-state index in [0.717, 1.165) is 22.3 Å². The van der Waals surface area contributed by atoms with Crippen LogP contribution in [0.4, 0.5) is 5.69 Å². The highest BCUT2D eigenvalue weighted by atomic mass is 32.2. The summed E-state index contributed by atoms with van der Waals surface area (Å²) >= 11 is 6.24. The van der Waals surface area contributed by atoms with E-state index in [1.807, 2.05) is 30.3 Å².